The Hall–Kier alpha value is -1.06. The predicted octanol–water partition coefficient (Wildman–Crippen LogP) is 1.92. The van der Waals surface area contributed by atoms with E-state index in [2.05, 4.69) is 48.2 Å². The molecule has 18 heavy (non-hydrogen) atoms. The van der Waals surface area contributed by atoms with Gasteiger partial charge < -0.3 is 15.5 Å². The zero-order valence-corrected chi connectivity index (χ0v) is 11.6. The van der Waals surface area contributed by atoms with Gasteiger partial charge in [0.2, 0.25) is 0 Å². The first-order valence-electron chi connectivity index (χ1n) is 6.87. The Morgan fingerprint density at radius 2 is 1.83 bits per heavy atom. The average molecular weight is 247 g/mol. The topological polar surface area (TPSA) is 32.5 Å². The third-order valence-corrected chi connectivity index (χ3v) is 3.98. The number of benzene rings is 1. The van der Waals surface area contributed by atoms with E-state index in [9.17, 15) is 0 Å². The van der Waals surface area contributed by atoms with Crippen LogP contribution in [0.15, 0.2) is 24.3 Å². The third-order valence-electron chi connectivity index (χ3n) is 3.98. The highest BCUT2D eigenvalue weighted by molar-refractivity contribution is 5.46. The van der Waals surface area contributed by atoms with E-state index in [1.165, 1.54) is 37.2 Å². The molecule has 0 unspecified atom stereocenters. The van der Waals surface area contributed by atoms with Crippen LogP contribution in [0.3, 0.4) is 0 Å². The van der Waals surface area contributed by atoms with Crippen molar-refractivity contribution in [3.05, 3.63) is 29.8 Å². The molecule has 0 radical (unpaired) electrons. The van der Waals surface area contributed by atoms with Crippen molar-refractivity contribution in [2.45, 2.75) is 19.4 Å². The van der Waals surface area contributed by atoms with Gasteiger partial charge in [-0.2, -0.15) is 0 Å². The van der Waals surface area contributed by atoms with Crippen LogP contribution in [0.5, 0.6) is 0 Å². The molecule has 0 atom stereocenters. The maximum absolute atomic E-state index is 5.62. The average Bonchev–Trinajstić information content (AvgIpc) is 2.41. The van der Waals surface area contributed by atoms with Gasteiger partial charge in [0.1, 0.15) is 0 Å². The molecule has 0 bridgehead atoms. The van der Waals surface area contributed by atoms with Crippen LogP contribution in [0.2, 0.25) is 0 Å². The summed E-state index contributed by atoms with van der Waals surface area (Å²) in [5.41, 5.74) is 8.12. The van der Waals surface area contributed by atoms with E-state index in [1.807, 2.05) is 0 Å². The summed E-state index contributed by atoms with van der Waals surface area (Å²) < 4.78 is 0. The number of hydrogen-bond acceptors (Lipinski definition) is 3. The molecule has 1 aromatic carbocycles. The summed E-state index contributed by atoms with van der Waals surface area (Å²) >= 11 is 0. The lowest BCUT2D eigenvalue weighted by Crippen LogP contribution is -2.35. The molecule has 1 heterocycles. The summed E-state index contributed by atoms with van der Waals surface area (Å²) in [6.07, 6.45) is 2.64. The van der Waals surface area contributed by atoms with Crippen LogP contribution in [0.1, 0.15) is 18.4 Å². The van der Waals surface area contributed by atoms with Gasteiger partial charge in [-0.15, -0.1) is 0 Å². The monoisotopic (exact) mass is 247 g/mol. The first-order valence-corrected chi connectivity index (χ1v) is 6.87. The molecule has 1 saturated heterocycles. The summed E-state index contributed by atoms with van der Waals surface area (Å²) in [6, 6.07) is 8.61. The fourth-order valence-electron chi connectivity index (χ4n) is 2.62. The molecule has 1 aromatic rings. The summed E-state index contributed by atoms with van der Waals surface area (Å²) in [6.45, 7) is 4.27. The Bertz CT molecular complexity index is 353. The van der Waals surface area contributed by atoms with Crippen LogP contribution >= 0.6 is 0 Å². The molecule has 2 N–H and O–H groups in total. The number of hydrogen-bond donors (Lipinski definition) is 1. The van der Waals surface area contributed by atoms with Crippen LogP contribution in [-0.2, 0) is 6.54 Å². The van der Waals surface area contributed by atoms with E-state index in [0.29, 0.717) is 6.54 Å². The van der Waals surface area contributed by atoms with Crippen molar-refractivity contribution in [2.75, 3.05) is 38.6 Å². The summed E-state index contributed by atoms with van der Waals surface area (Å²) in [5.74, 6) is 0.834. The molecule has 1 fully saturated rings. The highest BCUT2D eigenvalue weighted by atomic mass is 15.1. The zero-order valence-electron chi connectivity index (χ0n) is 11.6. The Kier molecular flexibility index (Phi) is 4.61. The first-order chi connectivity index (χ1) is 8.69. The van der Waals surface area contributed by atoms with Crippen molar-refractivity contribution in [3.63, 3.8) is 0 Å². The second kappa shape index (κ2) is 6.21. The fraction of sp³-hybridized carbons (Fsp3) is 0.600. The van der Waals surface area contributed by atoms with Gasteiger partial charge >= 0.3 is 0 Å². The minimum atomic E-state index is 0.624. The van der Waals surface area contributed by atoms with Gasteiger partial charge in [-0.3, -0.25) is 0 Å². The summed E-state index contributed by atoms with van der Waals surface area (Å²) in [7, 11) is 4.40. The highest BCUT2D eigenvalue weighted by Crippen LogP contribution is 2.20. The molecular formula is C15H25N3. The smallest absolute Gasteiger partial charge is 0.0363 e. The summed E-state index contributed by atoms with van der Waals surface area (Å²) in [4.78, 5) is 4.79. The molecule has 0 aromatic heterocycles. The molecule has 0 saturated carbocycles. The summed E-state index contributed by atoms with van der Waals surface area (Å²) in [5, 5.41) is 0. The zero-order chi connectivity index (χ0) is 13.0. The molecule has 1 aliphatic heterocycles. The number of piperidine rings is 1. The van der Waals surface area contributed by atoms with Crippen LogP contribution in [0.25, 0.3) is 0 Å². The molecular weight excluding hydrogens is 222 g/mol. The molecule has 1 aliphatic rings. The SMILES string of the molecule is CN1CCC(CN(C)c2ccc(CN)cc2)CC1. The minimum absolute atomic E-state index is 0.624. The lowest BCUT2D eigenvalue weighted by molar-refractivity contribution is 0.222. The molecule has 3 heteroatoms. The number of likely N-dealkylation sites (tertiary alicyclic amines) is 1. The van der Waals surface area contributed by atoms with Gasteiger partial charge in [-0.1, -0.05) is 12.1 Å². The van der Waals surface area contributed by atoms with Gasteiger partial charge in [0.15, 0.2) is 0 Å². The van der Waals surface area contributed by atoms with Gasteiger partial charge in [0, 0.05) is 25.8 Å². The number of rotatable bonds is 4. The second-order valence-corrected chi connectivity index (χ2v) is 5.50. The minimum Gasteiger partial charge on any atom is -0.374 e. The molecule has 2 rings (SSSR count). The van der Waals surface area contributed by atoms with Crippen molar-refractivity contribution in [1.29, 1.82) is 0 Å². The van der Waals surface area contributed by atoms with E-state index in [-0.39, 0.29) is 0 Å². The van der Waals surface area contributed by atoms with E-state index >= 15 is 0 Å². The second-order valence-electron chi connectivity index (χ2n) is 5.50. The number of nitrogens with zero attached hydrogens (tertiary/aromatic N) is 2. The van der Waals surface area contributed by atoms with E-state index in [1.54, 1.807) is 0 Å². The quantitative estimate of drug-likeness (QED) is 0.882. The molecule has 0 aliphatic carbocycles. The Morgan fingerprint density at radius 3 is 2.39 bits per heavy atom. The lowest BCUT2D eigenvalue weighted by Gasteiger charge is -2.32. The van der Waals surface area contributed by atoms with Gasteiger partial charge in [-0.25, -0.2) is 0 Å². The van der Waals surface area contributed by atoms with E-state index < -0.39 is 0 Å². The van der Waals surface area contributed by atoms with E-state index in [0.717, 1.165) is 12.5 Å². The van der Waals surface area contributed by atoms with Crippen molar-refractivity contribution in [1.82, 2.24) is 4.90 Å². The Morgan fingerprint density at radius 1 is 1.22 bits per heavy atom. The van der Waals surface area contributed by atoms with Crippen molar-refractivity contribution in [3.8, 4) is 0 Å². The van der Waals surface area contributed by atoms with Crippen molar-refractivity contribution < 1.29 is 0 Å². The van der Waals surface area contributed by atoms with Crippen molar-refractivity contribution in [2.24, 2.45) is 11.7 Å². The molecule has 0 amide bonds. The van der Waals surface area contributed by atoms with Crippen LogP contribution in [0, 0.1) is 5.92 Å². The molecule has 100 valence electrons. The normalized spacial score (nSPS) is 17.9. The molecule has 3 nitrogen and oxygen atoms in total. The third kappa shape index (κ3) is 3.47. The number of anilines is 1. The predicted molar refractivity (Wildman–Crippen MR) is 77.8 cm³/mol. The number of nitrogens with two attached hydrogens (primary N) is 1. The van der Waals surface area contributed by atoms with Gasteiger partial charge in [0.05, 0.1) is 0 Å². The Labute approximate surface area is 111 Å². The van der Waals surface area contributed by atoms with E-state index in [4.69, 9.17) is 5.73 Å². The fourth-order valence-corrected chi connectivity index (χ4v) is 2.62. The van der Waals surface area contributed by atoms with Crippen LogP contribution < -0.4 is 10.6 Å². The van der Waals surface area contributed by atoms with Gasteiger partial charge in [0.25, 0.3) is 0 Å². The van der Waals surface area contributed by atoms with Crippen molar-refractivity contribution >= 4 is 5.69 Å². The van der Waals surface area contributed by atoms with Gasteiger partial charge in [-0.05, 0) is 56.6 Å². The standard InChI is InChI=1S/C15H25N3/c1-17-9-7-14(8-10-17)12-18(2)15-5-3-13(11-16)4-6-15/h3-6,14H,7-12,16H2,1-2H3. The maximum atomic E-state index is 5.62. The first kappa shape index (κ1) is 13.4. The highest BCUT2D eigenvalue weighted by Gasteiger charge is 2.18. The largest absolute Gasteiger partial charge is 0.374 e. The Balaban J connectivity index is 1.88. The van der Waals surface area contributed by atoms with Crippen LogP contribution in [0.4, 0.5) is 5.69 Å². The van der Waals surface area contributed by atoms with Crippen LogP contribution in [-0.4, -0.2) is 38.6 Å². The maximum Gasteiger partial charge on any atom is 0.0363 e. The lowest BCUT2D eigenvalue weighted by atomic mass is 9.96. The molecule has 0 spiro atoms.